The molecular weight excluding hydrogens is 342 g/mol. The number of rotatable bonds is 4. The normalized spacial score (nSPS) is 14.2. The molecule has 1 amide bonds. The van der Waals surface area contributed by atoms with E-state index < -0.39 is 0 Å². The minimum absolute atomic E-state index is 0.0429. The first kappa shape index (κ1) is 16.9. The van der Waals surface area contributed by atoms with Crippen LogP contribution in [-0.4, -0.2) is 30.2 Å². The van der Waals surface area contributed by atoms with Gasteiger partial charge in [-0.15, -0.1) is 11.8 Å². The molecule has 0 fully saturated rings. The molecule has 0 atom stereocenters. The predicted octanol–water partition coefficient (Wildman–Crippen LogP) is 4.23. The fourth-order valence-corrected chi connectivity index (χ4v) is 3.21. The van der Waals surface area contributed by atoms with Gasteiger partial charge in [0.1, 0.15) is 5.82 Å². The van der Waals surface area contributed by atoms with E-state index in [0.29, 0.717) is 18.0 Å². The highest BCUT2D eigenvalue weighted by Crippen LogP contribution is 2.25. The Labute approximate surface area is 150 Å². The number of nitrogens with zero attached hydrogens (tertiary/aromatic N) is 2. The number of pyridine rings is 1. The number of thioether (sulfide) groups is 1. The summed E-state index contributed by atoms with van der Waals surface area (Å²) in [6.07, 6.45) is 6.37. The SMILES string of the molecule is CSc1ccc(NC(=O)C2=CCN(c3ncccc3Cl)CC2)cc1. The van der Waals surface area contributed by atoms with E-state index in [-0.39, 0.29) is 5.91 Å². The fraction of sp³-hybridized carbons (Fsp3) is 0.222. The Morgan fingerprint density at radius 3 is 2.71 bits per heavy atom. The molecular formula is C18H18ClN3OS. The van der Waals surface area contributed by atoms with E-state index in [9.17, 15) is 4.79 Å². The summed E-state index contributed by atoms with van der Waals surface area (Å²) in [5.74, 6) is 0.723. The van der Waals surface area contributed by atoms with Crippen molar-refractivity contribution in [3.8, 4) is 0 Å². The van der Waals surface area contributed by atoms with Crippen LogP contribution in [0.5, 0.6) is 0 Å². The van der Waals surface area contributed by atoms with Crippen molar-refractivity contribution in [2.75, 3.05) is 29.6 Å². The maximum absolute atomic E-state index is 12.4. The molecule has 0 unspecified atom stereocenters. The van der Waals surface area contributed by atoms with Crippen LogP contribution < -0.4 is 10.2 Å². The number of carbonyl (C=O) groups is 1. The van der Waals surface area contributed by atoms with E-state index in [1.807, 2.05) is 48.7 Å². The third-order valence-electron chi connectivity index (χ3n) is 3.89. The average Bonchev–Trinajstić information content (AvgIpc) is 2.63. The highest BCUT2D eigenvalue weighted by Gasteiger charge is 2.19. The van der Waals surface area contributed by atoms with Gasteiger partial charge in [0.15, 0.2) is 0 Å². The summed E-state index contributed by atoms with van der Waals surface area (Å²) >= 11 is 7.86. The van der Waals surface area contributed by atoms with E-state index in [0.717, 1.165) is 23.6 Å². The van der Waals surface area contributed by atoms with Crippen molar-refractivity contribution in [2.24, 2.45) is 0 Å². The zero-order valence-electron chi connectivity index (χ0n) is 13.3. The van der Waals surface area contributed by atoms with E-state index in [1.54, 1.807) is 18.0 Å². The maximum atomic E-state index is 12.4. The third-order valence-corrected chi connectivity index (χ3v) is 4.93. The first-order valence-electron chi connectivity index (χ1n) is 7.67. The molecule has 0 bridgehead atoms. The molecule has 0 saturated heterocycles. The lowest BCUT2D eigenvalue weighted by atomic mass is 10.1. The highest BCUT2D eigenvalue weighted by molar-refractivity contribution is 7.98. The van der Waals surface area contributed by atoms with Crippen LogP contribution in [0.15, 0.2) is 59.1 Å². The fourth-order valence-electron chi connectivity index (χ4n) is 2.56. The molecule has 6 heteroatoms. The number of anilines is 2. The van der Waals surface area contributed by atoms with Gasteiger partial charge in [0.2, 0.25) is 0 Å². The smallest absolute Gasteiger partial charge is 0.251 e. The molecule has 1 N–H and O–H groups in total. The van der Waals surface area contributed by atoms with Gasteiger partial charge in [-0.3, -0.25) is 4.79 Å². The lowest BCUT2D eigenvalue weighted by Gasteiger charge is -2.27. The number of hydrogen-bond acceptors (Lipinski definition) is 4. The van der Waals surface area contributed by atoms with E-state index in [1.165, 1.54) is 4.90 Å². The second-order valence-corrected chi connectivity index (χ2v) is 6.70. The van der Waals surface area contributed by atoms with Crippen molar-refractivity contribution in [1.82, 2.24) is 4.98 Å². The molecule has 2 heterocycles. The molecule has 2 aromatic rings. The van der Waals surface area contributed by atoms with Gasteiger partial charge in [-0.05, 0) is 49.1 Å². The summed E-state index contributed by atoms with van der Waals surface area (Å²) in [6, 6.07) is 11.5. The summed E-state index contributed by atoms with van der Waals surface area (Å²) in [5.41, 5.74) is 1.61. The van der Waals surface area contributed by atoms with Crippen LogP contribution in [0, 0.1) is 0 Å². The van der Waals surface area contributed by atoms with Crippen LogP contribution in [0.3, 0.4) is 0 Å². The lowest BCUT2D eigenvalue weighted by Crippen LogP contribution is -2.32. The molecule has 0 radical (unpaired) electrons. The zero-order chi connectivity index (χ0) is 16.9. The monoisotopic (exact) mass is 359 g/mol. The van der Waals surface area contributed by atoms with Crippen LogP contribution >= 0.6 is 23.4 Å². The second-order valence-electron chi connectivity index (χ2n) is 5.42. The van der Waals surface area contributed by atoms with Gasteiger partial charge in [0.05, 0.1) is 5.02 Å². The largest absolute Gasteiger partial charge is 0.351 e. The number of aromatic nitrogens is 1. The van der Waals surface area contributed by atoms with Crippen LogP contribution in [0.1, 0.15) is 6.42 Å². The molecule has 1 aromatic carbocycles. The maximum Gasteiger partial charge on any atom is 0.251 e. The van der Waals surface area contributed by atoms with Gasteiger partial charge >= 0.3 is 0 Å². The standard InChI is InChI=1S/C18H18ClN3OS/c1-24-15-6-4-14(5-7-15)21-18(23)13-8-11-22(12-9-13)17-16(19)3-2-10-20-17/h2-8,10H,9,11-12H2,1H3,(H,21,23). The third kappa shape index (κ3) is 3.91. The second kappa shape index (κ2) is 7.73. The van der Waals surface area contributed by atoms with Crippen molar-refractivity contribution in [2.45, 2.75) is 11.3 Å². The first-order chi connectivity index (χ1) is 11.7. The van der Waals surface area contributed by atoms with Crippen molar-refractivity contribution in [3.63, 3.8) is 0 Å². The van der Waals surface area contributed by atoms with E-state index in [4.69, 9.17) is 11.6 Å². The molecule has 24 heavy (non-hydrogen) atoms. The number of halogens is 1. The van der Waals surface area contributed by atoms with Gasteiger partial charge in [0.25, 0.3) is 5.91 Å². The van der Waals surface area contributed by atoms with Crippen LogP contribution in [-0.2, 0) is 4.79 Å². The minimum Gasteiger partial charge on any atom is -0.351 e. The zero-order valence-corrected chi connectivity index (χ0v) is 14.9. The average molecular weight is 360 g/mol. The Morgan fingerprint density at radius 2 is 2.08 bits per heavy atom. The van der Waals surface area contributed by atoms with Crippen LogP contribution in [0.2, 0.25) is 5.02 Å². The highest BCUT2D eigenvalue weighted by atomic mass is 35.5. The molecule has 0 spiro atoms. The number of amides is 1. The number of benzene rings is 1. The predicted molar refractivity (Wildman–Crippen MR) is 101 cm³/mol. The Morgan fingerprint density at radius 1 is 1.29 bits per heavy atom. The molecule has 4 nitrogen and oxygen atoms in total. The summed E-state index contributed by atoms with van der Waals surface area (Å²) in [5, 5.41) is 3.58. The van der Waals surface area contributed by atoms with Gasteiger partial charge in [0, 0.05) is 35.4 Å². The van der Waals surface area contributed by atoms with Gasteiger partial charge in [-0.25, -0.2) is 4.98 Å². The van der Waals surface area contributed by atoms with Crippen LogP contribution in [0.25, 0.3) is 0 Å². The van der Waals surface area contributed by atoms with Crippen molar-refractivity contribution in [1.29, 1.82) is 0 Å². The number of carbonyl (C=O) groups excluding carboxylic acids is 1. The molecule has 3 rings (SSSR count). The molecule has 0 saturated carbocycles. The summed E-state index contributed by atoms with van der Waals surface area (Å²) < 4.78 is 0. The van der Waals surface area contributed by atoms with Gasteiger partial charge in [-0.1, -0.05) is 17.7 Å². The Kier molecular flexibility index (Phi) is 5.43. The quantitative estimate of drug-likeness (QED) is 0.830. The molecule has 1 aliphatic rings. The summed E-state index contributed by atoms with van der Waals surface area (Å²) in [4.78, 5) is 20.0. The number of hydrogen-bond donors (Lipinski definition) is 1. The Hall–Kier alpha value is -1.98. The summed E-state index contributed by atoms with van der Waals surface area (Å²) in [6.45, 7) is 1.35. The lowest BCUT2D eigenvalue weighted by molar-refractivity contribution is -0.113. The number of nitrogens with one attached hydrogen (secondary N) is 1. The summed E-state index contributed by atoms with van der Waals surface area (Å²) in [7, 11) is 0. The molecule has 124 valence electrons. The van der Waals surface area contributed by atoms with Gasteiger partial charge in [-0.2, -0.15) is 0 Å². The van der Waals surface area contributed by atoms with Gasteiger partial charge < -0.3 is 10.2 Å². The first-order valence-corrected chi connectivity index (χ1v) is 9.27. The van der Waals surface area contributed by atoms with Crippen LogP contribution in [0.4, 0.5) is 11.5 Å². The Bertz CT molecular complexity index is 761. The van der Waals surface area contributed by atoms with E-state index in [2.05, 4.69) is 15.2 Å². The van der Waals surface area contributed by atoms with Crippen molar-refractivity contribution < 1.29 is 4.79 Å². The Balaban J connectivity index is 1.63. The minimum atomic E-state index is -0.0429. The van der Waals surface area contributed by atoms with E-state index >= 15 is 0 Å². The van der Waals surface area contributed by atoms with Crippen molar-refractivity contribution >= 4 is 40.8 Å². The molecule has 1 aliphatic heterocycles. The molecule has 0 aliphatic carbocycles. The van der Waals surface area contributed by atoms with Crippen molar-refractivity contribution in [3.05, 3.63) is 59.3 Å². The molecule has 1 aromatic heterocycles. The topological polar surface area (TPSA) is 45.2 Å².